The molecular formula is C25H35ClF2. The molecule has 1 aromatic carbocycles. The summed E-state index contributed by atoms with van der Waals surface area (Å²) in [7, 11) is 0. The van der Waals surface area contributed by atoms with Crippen molar-refractivity contribution in [1.82, 2.24) is 0 Å². The van der Waals surface area contributed by atoms with Gasteiger partial charge in [0.2, 0.25) is 0 Å². The third-order valence-electron chi connectivity index (χ3n) is 8.25. The fraction of sp³-hybridized carbons (Fsp3) is 0.760. The van der Waals surface area contributed by atoms with Gasteiger partial charge < -0.3 is 0 Å². The molecule has 0 saturated heterocycles. The molecule has 0 aromatic heterocycles. The van der Waals surface area contributed by atoms with Gasteiger partial charge in [-0.2, -0.15) is 0 Å². The predicted octanol–water partition coefficient (Wildman–Crippen LogP) is 8.14. The van der Waals surface area contributed by atoms with Crippen molar-refractivity contribution in [1.29, 1.82) is 0 Å². The van der Waals surface area contributed by atoms with E-state index < -0.39 is 11.6 Å². The number of unbranched alkanes of at least 4 members (excludes halogenated alkanes) is 2. The summed E-state index contributed by atoms with van der Waals surface area (Å²) in [5.74, 6) is 3.05. The minimum absolute atomic E-state index is 0.326. The zero-order valence-electron chi connectivity index (χ0n) is 17.3. The third-order valence-corrected chi connectivity index (χ3v) is 8.59. The lowest BCUT2D eigenvalue weighted by molar-refractivity contribution is 0.0688. The smallest absolute Gasteiger partial charge is 0.148 e. The monoisotopic (exact) mass is 408 g/mol. The zero-order valence-corrected chi connectivity index (χ0v) is 18.0. The van der Waals surface area contributed by atoms with Gasteiger partial charge >= 0.3 is 0 Å². The molecule has 0 N–H and O–H groups in total. The summed E-state index contributed by atoms with van der Waals surface area (Å²) in [5.41, 5.74) is 1.54. The maximum absolute atomic E-state index is 14.3. The minimum Gasteiger partial charge on any atom is -0.205 e. The van der Waals surface area contributed by atoms with E-state index in [1.807, 2.05) is 0 Å². The van der Waals surface area contributed by atoms with Gasteiger partial charge in [0.15, 0.2) is 0 Å². The molecule has 0 aliphatic heterocycles. The Hall–Kier alpha value is -0.630. The van der Waals surface area contributed by atoms with Crippen LogP contribution in [-0.2, 0) is 12.8 Å². The lowest BCUT2D eigenvalue weighted by Gasteiger charge is -2.45. The van der Waals surface area contributed by atoms with Gasteiger partial charge in [-0.05, 0) is 98.1 Å². The van der Waals surface area contributed by atoms with Crippen LogP contribution in [0.1, 0.15) is 88.7 Å². The SMILES string of the molecule is CCCCCC1CCC2CC(C3CCc4c(cc(F)c(Cl)c4F)C3)CCC2C1. The standard InChI is InChI=1S/C25H35ClF2/c1-2-3-4-5-16-6-7-18-13-19(9-8-17(18)12-16)20-10-11-22-21(14-20)15-23(27)24(26)25(22)28/h15-20H,2-14H2,1H3. The molecule has 2 saturated carbocycles. The van der Waals surface area contributed by atoms with Crippen LogP contribution in [0, 0.1) is 41.2 Å². The van der Waals surface area contributed by atoms with Gasteiger partial charge in [-0.1, -0.05) is 50.6 Å². The first-order valence-electron chi connectivity index (χ1n) is 11.7. The Balaban J connectivity index is 1.34. The highest BCUT2D eigenvalue weighted by atomic mass is 35.5. The van der Waals surface area contributed by atoms with Gasteiger partial charge in [0.25, 0.3) is 0 Å². The van der Waals surface area contributed by atoms with Gasteiger partial charge in [-0.15, -0.1) is 0 Å². The highest BCUT2D eigenvalue weighted by Gasteiger charge is 2.39. The molecule has 2 fully saturated rings. The van der Waals surface area contributed by atoms with Crippen LogP contribution in [0.2, 0.25) is 5.02 Å². The van der Waals surface area contributed by atoms with Gasteiger partial charge in [0.1, 0.15) is 16.7 Å². The van der Waals surface area contributed by atoms with Crippen molar-refractivity contribution in [3.05, 3.63) is 33.9 Å². The van der Waals surface area contributed by atoms with Gasteiger partial charge in [-0.3, -0.25) is 0 Å². The number of benzene rings is 1. The fourth-order valence-corrected chi connectivity index (χ4v) is 6.82. The fourth-order valence-electron chi connectivity index (χ4n) is 6.65. The van der Waals surface area contributed by atoms with Crippen molar-refractivity contribution < 1.29 is 8.78 Å². The molecule has 0 spiro atoms. The number of hydrogen-bond acceptors (Lipinski definition) is 0. The summed E-state index contributed by atoms with van der Waals surface area (Å²) < 4.78 is 28.2. The van der Waals surface area contributed by atoms with Crippen LogP contribution >= 0.6 is 11.6 Å². The first-order chi connectivity index (χ1) is 13.6. The molecule has 0 amide bonds. The Morgan fingerprint density at radius 3 is 2.43 bits per heavy atom. The third kappa shape index (κ3) is 4.27. The average Bonchev–Trinajstić information content (AvgIpc) is 2.71. The van der Waals surface area contributed by atoms with E-state index in [0.717, 1.165) is 48.5 Å². The lowest BCUT2D eigenvalue weighted by atomic mass is 9.61. The van der Waals surface area contributed by atoms with Crippen molar-refractivity contribution in [2.45, 2.75) is 90.4 Å². The molecule has 0 radical (unpaired) electrons. The van der Waals surface area contributed by atoms with Crippen molar-refractivity contribution in [3.63, 3.8) is 0 Å². The molecule has 156 valence electrons. The normalized spacial score (nSPS) is 32.6. The second-order valence-corrected chi connectivity index (χ2v) is 10.3. The summed E-state index contributed by atoms with van der Waals surface area (Å²) in [5, 5.41) is -0.326. The van der Waals surface area contributed by atoms with Gasteiger partial charge in [-0.25, -0.2) is 8.78 Å². The van der Waals surface area contributed by atoms with Crippen LogP contribution in [-0.4, -0.2) is 0 Å². The molecule has 0 nitrogen and oxygen atoms in total. The maximum atomic E-state index is 14.3. The molecule has 4 rings (SSSR count). The lowest BCUT2D eigenvalue weighted by Crippen LogP contribution is -2.35. The summed E-state index contributed by atoms with van der Waals surface area (Å²) in [6.45, 7) is 2.29. The molecule has 1 aromatic rings. The van der Waals surface area contributed by atoms with E-state index >= 15 is 0 Å². The molecule has 5 unspecified atom stereocenters. The van der Waals surface area contributed by atoms with Crippen molar-refractivity contribution in [3.8, 4) is 0 Å². The van der Waals surface area contributed by atoms with Crippen LogP contribution in [0.5, 0.6) is 0 Å². The second-order valence-electron chi connectivity index (χ2n) is 9.90. The molecule has 0 heterocycles. The number of halogens is 3. The van der Waals surface area contributed by atoms with Gasteiger partial charge in [0, 0.05) is 0 Å². The van der Waals surface area contributed by atoms with E-state index in [0.29, 0.717) is 11.5 Å². The zero-order chi connectivity index (χ0) is 19.7. The highest BCUT2D eigenvalue weighted by Crippen LogP contribution is 2.49. The van der Waals surface area contributed by atoms with Crippen molar-refractivity contribution in [2.75, 3.05) is 0 Å². The molecule has 3 heteroatoms. The first-order valence-corrected chi connectivity index (χ1v) is 12.1. The van der Waals surface area contributed by atoms with E-state index in [1.54, 1.807) is 0 Å². The van der Waals surface area contributed by atoms with Crippen LogP contribution in [0.25, 0.3) is 0 Å². The van der Waals surface area contributed by atoms with Gasteiger partial charge in [0.05, 0.1) is 0 Å². The minimum atomic E-state index is -0.594. The summed E-state index contributed by atoms with van der Waals surface area (Å²) in [4.78, 5) is 0. The Morgan fingerprint density at radius 2 is 1.64 bits per heavy atom. The predicted molar refractivity (Wildman–Crippen MR) is 113 cm³/mol. The average molecular weight is 409 g/mol. The number of rotatable bonds is 5. The van der Waals surface area contributed by atoms with E-state index in [4.69, 9.17) is 11.6 Å². The second kappa shape index (κ2) is 9.02. The van der Waals surface area contributed by atoms with E-state index in [1.165, 1.54) is 70.3 Å². The molecule has 28 heavy (non-hydrogen) atoms. The Labute approximate surface area is 174 Å². The molecular weight excluding hydrogens is 374 g/mol. The van der Waals surface area contributed by atoms with Crippen molar-refractivity contribution >= 4 is 11.6 Å². The summed E-state index contributed by atoms with van der Waals surface area (Å²) in [6.07, 6.45) is 16.5. The van der Waals surface area contributed by atoms with E-state index in [2.05, 4.69) is 6.92 Å². The maximum Gasteiger partial charge on any atom is 0.148 e. The first kappa shape index (κ1) is 20.6. The molecule has 3 aliphatic carbocycles. The summed E-state index contributed by atoms with van der Waals surface area (Å²) >= 11 is 5.78. The van der Waals surface area contributed by atoms with Crippen LogP contribution in [0.15, 0.2) is 6.07 Å². The Kier molecular flexibility index (Phi) is 6.65. The van der Waals surface area contributed by atoms with Crippen LogP contribution < -0.4 is 0 Å². The largest absolute Gasteiger partial charge is 0.205 e. The van der Waals surface area contributed by atoms with E-state index in [9.17, 15) is 8.78 Å². The Bertz CT molecular complexity index is 686. The molecule has 5 atom stereocenters. The van der Waals surface area contributed by atoms with Crippen LogP contribution in [0.3, 0.4) is 0 Å². The quantitative estimate of drug-likeness (QED) is 0.340. The molecule has 3 aliphatic rings. The van der Waals surface area contributed by atoms with E-state index in [-0.39, 0.29) is 5.02 Å². The summed E-state index contributed by atoms with van der Waals surface area (Å²) in [6, 6.07) is 1.50. The number of hydrogen-bond donors (Lipinski definition) is 0. The topological polar surface area (TPSA) is 0 Å². The van der Waals surface area contributed by atoms with Crippen molar-refractivity contribution in [2.24, 2.45) is 29.6 Å². The Morgan fingerprint density at radius 1 is 0.929 bits per heavy atom. The molecule has 0 bridgehead atoms. The highest BCUT2D eigenvalue weighted by molar-refractivity contribution is 6.31. The number of fused-ring (bicyclic) bond motifs is 2. The van der Waals surface area contributed by atoms with Crippen LogP contribution in [0.4, 0.5) is 8.78 Å².